The highest BCUT2D eigenvalue weighted by atomic mass is 19.4. The summed E-state index contributed by atoms with van der Waals surface area (Å²) in [6.45, 7) is 3.30. The van der Waals surface area contributed by atoms with Gasteiger partial charge in [0.05, 0.1) is 0 Å². The van der Waals surface area contributed by atoms with Crippen LogP contribution in [0, 0.1) is 26.0 Å². The second-order valence-electron chi connectivity index (χ2n) is 5.41. The average Bonchev–Trinajstić information content (AvgIpc) is 2.67. The Balaban J connectivity index is 0.00000312. The third-order valence-corrected chi connectivity index (χ3v) is 3.71. The molecule has 25 heavy (non-hydrogen) atoms. The number of halogens is 6. The van der Waals surface area contributed by atoms with Crippen LogP contribution in [0.2, 0.25) is 0 Å². The molecule has 0 atom stereocenters. The molecule has 0 aliphatic heterocycles. The van der Waals surface area contributed by atoms with Crippen LogP contribution in [0.4, 0.5) is 26.3 Å². The molecule has 0 radical (unpaired) electrons. The van der Waals surface area contributed by atoms with E-state index in [1.165, 1.54) is 6.92 Å². The summed E-state index contributed by atoms with van der Waals surface area (Å²) in [4.78, 5) is 0. The molecule has 2 aromatic heterocycles. The Labute approximate surface area is 140 Å². The smallest absolute Gasteiger partial charge is 0.433 e. The first-order valence-electron chi connectivity index (χ1n) is 6.69. The maximum atomic E-state index is 13.0. The van der Waals surface area contributed by atoms with Crippen LogP contribution < -0.4 is 4.73 Å². The largest absolute Gasteiger partial charge is 0.618 e. The van der Waals surface area contributed by atoms with E-state index < -0.39 is 29.3 Å². The van der Waals surface area contributed by atoms with Crippen LogP contribution in [-0.4, -0.2) is 9.78 Å². The van der Waals surface area contributed by atoms with E-state index in [2.05, 4.69) is 5.10 Å². The first kappa shape index (κ1) is 20.8. The highest BCUT2D eigenvalue weighted by Crippen LogP contribution is 2.37. The third kappa shape index (κ3) is 3.42. The van der Waals surface area contributed by atoms with Crippen LogP contribution >= 0.6 is 0 Å². The Morgan fingerprint density at radius 2 is 1.56 bits per heavy atom. The Hall–Kier alpha value is -2.26. The molecule has 2 aromatic rings. The van der Waals surface area contributed by atoms with Crippen LogP contribution in [0.1, 0.15) is 35.5 Å². The molecule has 140 valence electrons. The maximum absolute atomic E-state index is 13.0. The van der Waals surface area contributed by atoms with Gasteiger partial charge in [0.15, 0.2) is 5.69 Å². The van der Waals surface area contributed by atoms with E-state index in [-0.39, 0.29) is 34.7 Å². The zero-order chi connectivity index (χ0) is 18.6. The maximum Gasteiger partial charge on any atom is 0.433 e. The van der Waals surface area contributed by atoms with Gasteiger partial charge in [0.1, 0.15) is 11.3 Å². The minimum absolute atomic E-state index is 0. The Bertz CT molecular complexity index is 805. The molecule has 0 aliphatic carbocycles. The standard InChI is InChI=1S/C14H13F6N3O.CH4/c1-6-5-9(13(15,16)17)8(3)23(24)11(6)10-7(2)12(14(18,19)20)22(4)21-10;/h5H,1-4H3;1H4. The molecule has 0 bridgehead atoms. The summed E-state index contributed by atoms with van der Waals surface area (Å²) in [7, 11) is 1.06. The van der Waals surface area contributed by atoms with Crippen molar-refractivity contribution in [2.75, 3.05) is 0 Å². The molecule has 0 saturated heterocycles. The van der Waals surface area contributed by atoms with Gasteiger partial charge < -0.3 is 5.21 Å². The van der Waals surface area contributed by atoms with Crippen molar-refractivity contribution in [2.45, 2.75) is 40.6 Å². The van der Waals surface area contributed by atoms with E-state index in [9.17, 15) is 31.5 Å². The van der Waals surface area contributed by atoms with Gasteiger partial charge in [0.25, 0.3) is 0 Å². The monoisotopic (exact) mass is 369 g/mol. The average molecular weight is 369 g/mol. The molecule has 0 amide bonds. The Kier molecular flexibility index (Phi) is 5.18. The minimum Gasteiger partial charge on any atom is -0.618 e. The lowest BCUT2D eigenvalue weighted by Crippen LogP contribution is -2.37. The predicted molar refractivity (Wildman–Crippen MR) is 78.6 cm³/mol. The number of aromatic nitrogens is 3. The van der Waals surface area contributed by atoms with Crippen LogP contribution in [0.15, 0.2) is 6.07 Å². The summed E-state index contributed by atoms with van der Waals surface area (Å²) in [5, 5.41) is 16.0. The Morgan fingerprint density at radius 3 is 1.96 bits per heavy atom. The molecule has 2 rings (SSSR count). The number of pyridine rings is 1. The predicted octanol–water partition coefficient (Wildman–Crippen LogP) is 4.32. The fourth-order valence-corrected chi connectivity index (χ4v) is 2.65. The van der Waals surface area contributed by atoms with Crippen molar-refractivity contribution < 1.29 is 31.1 Å². The lowest BCUT2D eigenvalue weighted by Gasteiger charge is -2.14. The molecule has 0 saturated carbocycles. The van der Waals surface area contributed by atoms with Crippen molar-refractivity contribution in [2.24, 2.45) is 7.05 Å². The van der Waals surface area contributed by atoms with Crippen LogP contribution in [-0.2, 0) is 19.4 Å². The minimum atomic E-state index is -4.74. The van der Waals surface area contributed by atoms with Gasteiger partial charge in [0.2, 0.25) is 11.4 Å². The summed E-state index contributed by atoms with van der Waals surface area (Å²) in [6.07, 6.45) is -9.44. The van der Waals surface area contributed by atoms with Gasteiger partial charge in [-0.25, -0.2) is 0 Å². The zero-order valence-corrected chi connectivity index (χ0v) is 13.1. The van der Waals surface area contributed by atoms with Gasteiger partial charge in [-0.15, -0.1) is 0 Å². The molecule has 0 aliphatic rings. The first-order chi connectivity index (χ1) is 10.8. The second-order valence-corrected chi connectivity index (χ2v) is 5.41. The van der Waals surface area contributed by atoms with E-state index in [0.717, 1.165) is 27.0 Å². The van der Waals surface area contributed by atoms with Gasteiger partial charge in [0, 0.05) is 25.1 Å². The summed E-state index contributed by atoms with van der Waals surface area (Å²) in [5.74, 6) is 0. The number of rotatable bonds is 1. The van der Waals surface area contributed by atoms with E-state index in [1.807, 2.05) is 0 Å². The lowest BCUT2D eigenvalue weighted by atomic mass is 10.0. The van der Waals surface area contributed by atoms with Gasteiger partial charge in [-0.2, -0.15) is 36.2 Å². The summed E-state index contributed by atoms with van der Waals surface area (Å²) in [5.41, 5.74) is -3.91. The van der Waals surface area contributed by atoms with E-state index in [0.29, 0.717) is 4.68 Å². The van der Waals surface area contributed by atoms with E-state index in [4.69, 9.17) is 0 Å². The lowest BCUT2D eigenvalue weighted by molar-refractivity contribution is -0.602. The second kappa shape index (κ2) is 6.23. The first-order valence-corrected chi connectivity index (χ1v) is 6.69. The fraction of sp³-hybridized carbons (Fsp3) is 0.467. The molecule has 2 heterocycles. The molecule has 0 N–H and O–H groups in total. The topological polar surface area (TPSA) is 44.8 Å². The SMILES string of the molecule is C.Cc1cc(C(F)(F)F)c(C)[n+]([O-])c1-c1nn(C)c(C(F)(F)F)c1C. The number of aryl methyl sites for hydroxylation is 2. The molecule has 0 spiro atoms. The normalized spacial score (nSPS) is 12.2. The summed E-state index contributed by atoms with van der Waals surface area (Å²) >= 11 is 0. The van der Waals surface area contributed by atoms with Crippen LogP contribution in [0.5, 0.6) is 0 Å². The Morgan fingerprint density at radius 1 is 1.04 bits per heavy atom. The van der Waals surface area contributed by atoms with E-state index in [1.54, 1.807) is 0 Å². The van der Waals surface area contributed by atoms with Crippen molar-refractivity contribution >= 4 is 0 Å². The zero-order valence-electron chi connectivity index (χ0n) is 13.1. The number of nitrogens with zero attached hydrogens (tertiary/aromatic N) is 3. The van der Waals surface area contributed by atoms with E-state index >= 15 is 0 Å². The highest BCUT2D eigenvalue weighted by molar-refractivity contribution is 5.61. The van der Waals surface area contributed by atoms with Crippen molar-refractivity contribution in [1.82, 2.24) is 9.78 Å². The molecule has 0 fully saturated rings. The molecule has 0 unspecified atom stereocenters. The fourth-order valence-electron chi connectivity index (χ4n) is 2.65. The molecular formula is C15H17F6N3O. The van der Waals surface area contributed by atoms with Crippen molar-refractivity contribution in [3.63, 3.8) is 0 Å². The highest BCUT2D eigenvalue weighted by Gasteiger charge is 2.41. The van der Waals surface area contributed by atoms with Gasteiger partial charge in [-0.1, -0.05) is 7.43 Å². The van der Waals surface area contributed by atoms with Gasteiger partial charge in [-0.05, 0) is 19.9 Å². The molecule has 4 nitrogen and oxygen atoms in total. The van der Waals surface area contributed by atoms with Crippen molar-refractivity contribution in [1.29, 1.82) is 0 Å². The molecule has 10 heteroatoms. The van der Waals surface area contributed by atoms with Crippen LogP contribution in [0.25, 0.3) is 11.4 Å². The van der Waals surface area contributed by atoms with Crippen molar-refractivity contribution in [3.8, 4) is 11.4 Å². The number of alkyl halides is 6. The van der Waals surface area contributed by atoms with Gasteiger partial charge >= 0.3 is 12.4 Å². The van der Waals surface area contributed by atoms with Gasteiger partial charge in [-0.3, -0.25) is 4.68 Å². The molecular weight excluding hydrogens is 352 g/mol. The van der Waals surface area contributed by atoms with Crippen LogP contribution in [0.3, 0.4) is 0 Å². The third-order valence-electron chi connectivity index (χ3n) is 3.71. The number of hydrogen-bond donors (Lipinski definition) is 0. The quantitative estimate of drug-likeness (QED) is 0.427. The molecule has 0 aromatic carbocycles. The summed E-state index contributed by atoms with van der Waals surface area (Å²) < 4.78 is 78.5. The number of hydrogen-bond acceptors (Lipinski definition) is 2. The van der Waals surface area contributed by atoms with Crippen molar-refractivity contribution in [3.05, 3.63) is 39.4 Å². The summed E-state index contributed by atoms with van der Waals surface area (Å²) in [6, 6.07) is 0.737.